The highest BCUT2D eigenvalue weighted by atomic mass is 16.7. The Morgan fingerprint density at radius 3 is 2.54 bits per heavy atom. The van der Waals surface area contributed by atoms with Crippen LogP contribution in [0.25, 0.3) is 0 Å². The molecular formula is C19H21N3O4. The van der Waals surface area contributed by atoms with Crippen molar-refractivity contribution in [3.63, 3.8) is 0 Å². The van der Waals surface area contributed by atoms with Crippen LogP contribution in [0.5, 0.6) is 0 Å². The van der Waals surface area contributed by atoms with E-state index in [2.05, 4.69) is 11.4 Å². The van der Waals surface area contributed by atoms with Crippen molar-refractivity contribution < 1.29 is 19.1 Å². The summed E-state index contributed by atoms with van der Waals surface area (Å²) in [5.41, 5.74) is 0.913. The maximum Gasteiger partial charge on any atom is 0.228 e. The molecule has 4 rings (SSSR count). The second-order valence-electron chi connectivity index (χ2n) is 7.03. The van der Waals surface area contributed by atoms with E-state index in [1.807, 2.05) is 4.90 Å². The second-order valence-corrected chi connectivity index (χ2v) is 7.03. The van der Waals surface area contributed by atoms with Crippen molar-refractivity contribution in [1.29, 1.82) is 5.26 Å². The Bertz CT molecular complexity index is 756. The minimum absolute atomic E-state index is 0.0339. The molecule has 0 radical (unpaired) electrons. The van der Waals surface area contributed by atoms with Gasteiger partial charge < -0.3 is 19.7 Å². The molecule has 3 fully saturated rings. The van der Waals surface area contributed by atoms with E-state index in [0.717, 1.165) is 0 Å². The molecule has 3 aliphatic rings. The number of carbonyl (C=O) groups excluding carboxylic acids is 2. The first-order chi connectivity index (χ1) is 12.6. The summed E-state index contributed by atoms with van der Waals surface area (Å²) in [5.74, 6) is -1.24. The van der Waals surface area contributed by atoms with Gasteiger partial charge in [0.15, 0.2) is 5.79 Å². The fourth-order valence-electron chi connectivity index (χ4n) is 3.76. The lowest BCUT2D eigenvalue weighted by Crippen LogP contribution is -2.48. The minimum Gasteiger partial charge on any atom is -0.347 e. The molecule has 26 heavy (non-hydrogen) atoms. The standard InChI is InChI=1S/C19H21N3O4/c20-12-13-3-1-2-4-16(13)21-17(23)14-11-15(14)18(24)22-7-5-19(6-8-22)25-9-10-26-19/h1-4,14-15H,5-11H2,(H,21,23). The Morgan fingerprint density at radius 1 is 1.15 bits per heavy atom. The average molecular weight is 355 g/mol. The summed E-state index contributed by atoms with van der Waals surface area (Å²) in [7, 11) is 0. The molecule has 7 heteroatoms. The smallest absolute Gasteiger partial charge is 0.228 e. The Labute approximate surface area is 151 Å². The van der Waals surface area contributed by atoms with Gasteiger partial charge in [-0.25, -0.2) is 0 Å². The first kappa shape index (κ1) is 17.0. The van der Waals surface area contributed by atoms with E-state index < -0.39 is 5.79 Å². The third-order valence-electron chi connectivity index (χ3n) is 5.40. The van der Waals surface area contributed by atoms with Gasteiger partial charge in [0.2, 0.25) is 11.8 Å². The number of nitrogens with zero attached hydrogens (tertiary/aromatic N) is 2. The molecule has 136 valence electrons. The lowest BCUT2D eigenvalue weighted by molar-refractivity contribution is -0.187. The number of anilines is 1. The van der Waals surface area contributed by atoms with E-state index in [9.17, 15) is 9.59 Å². The zero-order valence-electron chi connectivity index (χ0n) is 14.4. The van der Waals surface area contributed by atoms with Gasteiger partial charge in [0.05, 0.1) is 36.3 Å². The number of carbonyl (C=O) groups is 2. The topological polar surface area (TPSA) is 91.7 Å². The summed E-state index contributed by atoms with van der Waals surface area (Å²) in [6.07, 6.45) is 1.92. The van der Waals surface area contributed by atoms with Crippen molar-refractivity contribution in [2.24, 2.45) is 11.8 Å². The first-order valence-electron chi connectivity index (χ1n) is 8.99. The van der Waals surface area contributed by atoms with Gasteiger partial charge >= 0.3 is 0 Å². The van der Waals surface area contributed by atoms with Crippen LogP contribution in [0.3, 0.4) is 0 Å². The van der Waals surface area contributed by atoms with Gasteiger partial charge in [0.1, 0.15) is 6.07 Å². The predicted octanol–water partition coefficient (Wildman–Crippen LogP) is 1.50. The number of nitrogens with one attached hydrogen (secondary N) is 1. The lowest BCUT2D eigenvalue weighted by atomic mass is 10.0. The Kier molecular flexibility index (Phi) is 4.39. The number of ether oxygens (including phenoxy) is 2. The number of amides is 2. The van der Waals surface area contributed by atoms with E-state index >= 15 is 0 Å². The second kappa shape index (κ2) is 6.71. The van der Waals surface area contributed by atoms with Crippen LogP contribution in [0.15, 0.2) is 24.3 Å². The number of rotatable bonds is 3. The van der Waals surface area contributed by atoms with E-state index in [4.69, 9.17) is 14.7 Å². The van der Waals surface area contributed by atoms with Crippen LogP contribution in [-0.4, -0.2) is 48.8 Å². The first-order valence-corrected chi connectivity index (χ1v) is 8.99. The van der Waals surface area contributed by atoms with Gasteiger partial charge in [-0.05, 0) is 18.6 Å². The third kappa shape index (κ3) is 3.18. The molecule has 7 nitrogen and oxygen atoms in total. The number of hydrogen-bond acceptors (Lipinski definition) is 5. The maximum absolute atomic E-state index is 12.7. The van der Waals surface area contributed by atoms with Crippen LogP contribution in [-0.2, 0) is 19.1 Å². The average Bonchev–Trinajstić information content (AvgIpc) is 3.36. The van der Waals surface area contributed by atoms with Crippen molar-refractivity contribution in [3.05, 3.63) is 29.8 Å². The number of hydrogen-bond donors (Lipinski definition) is 1. The fourth-order valence-corrected chi connectivity index (χ4v) is 3.76. The summed E-state index contributed by atoms with van der Waals surface area (Å²) >= 11 is 0. The summed E-state index contributed by atoms with van der Waals surface area (Å²) in [6.45, 7) is 2.42. The molecule has 2 saturated heterocycles. The number of piperidine rings is 1. The molecule has 2 aliphatic heterocycles. The van der Waals surface area contributed by atoms with E-state index in [-0.39, 0.29) is 23.7 Å². The van der Waals surface area contributed by atoms with Gasteiger partial charge in [0, 0.05) is 25.9 Å². The van der Waals surface area contributed by atoms with E-state index in [0.29, 0.717) is 56.8 Å². The molecular weight excluding hydrogens is 334 g/mol. The summed E-state index contributed by atoms with van der Waals surface area (Å²) in [4.78, 5) is 26.9. The number of nitriles is 1. The van der Waals surface area contributed by atoms with Gasteiger partial charge in [0.25, 0.3) is 0 Å². The molecule has 1 aromatic carbocycles. The molecule has 2 unspecified atom stereocenters. The largest absolute Gasteiger partial charge is 0.347 e. The molecule has 2 amide bonds. The predicted molar refractivity (Wildman–Crippen MR) is 91.8 cm³/mol. The Hall–Kier alpha value is -2.43. The highest BCUT2D eigenvalue weighted by Gasteiger charge is 2.51. The van der Waals surface area contributed by atoms with Gasteiger partial charge in [-0.15, -0.1) is 0 Å². The molecule has 1 aliphatic carbocycles. The zero-order chi connectivity index (χ0) is 18.1. The third-order valence-corrected chi connectivity index (χ3v) is 5.40. The molecule has 2 heterocycles. The molecule has 1 spiro atoms. The molecule has 1 saturated carbocycles. The van der Waals surface area contributed by atoms with Crippen LogP contribution < -0.4 is 5.32 Å². The van der Waals surface area contributed by atoms with Gasteiger partial charge in [-0.2, -0.15) is 5.26 Å². The van der Waals surface area contributed by atoms with Gasteiger partial charge in [-0.1, -0.05) is 12.1 Å². The number of para-hydroxylation sites is 1. The number of benzene rings is 1. The van der Waals surface area contributed by atoms with Crippen molar-refractivity contribution in [1.82, 2.24) is 4.90 Å². The van der Waals surface area contributed by atoms with Crippen LogP contribution in [0, 0.1) is 23.2 Å². The monoisotopic (exact) mass is 355 g/mol. The van der Waals surface area contributed by atoms with E-state index in [1.165, 1.54) is 0 Å². The molecule has 0 aromatic heterocycles. The van der Waals surface area contributed by atoms with E-state index in [1.54, 1.807) is 24.3 Å². The minimum atomic E-state index is -0.502. The summed E-state index contributed by atoms with van der Waals surface area (Å²) in [6, 6.07) is 8.92. The molecule has 1 N–H and O–H groups in total. The van der Waals surface area contributed by atoms with Crippen LogP contribution >= 0.6 is 0 Å². The lowest BCUT2D eigenvalue weighted by Gasteiger charge is -2.37. The highest BCUT2D eigenvalue weighted by molar-refractivity contribution is 6.00. The summed E-state index contributed by atoms with van der Waals surface area (Å²) in [5, 5.41) is 11.9. The molecule has 1 aromatic rings. The quantitative estimate of drug-likeness (QED) is 0.887. The van der Waals surface area contributed by atoms with Crippen LogP contribution in [0.2, 0.25) is 0 Å². The van der Waals surface area contributed by atoms with Crippen molar-refractivity contribution in [2.45, 2.75) is 25.0 Å². The normalized spacial score (nSPS) is 26.3. The van der Waals surface area contributed by atoms with Crippen molar-refractivity contribution in [2.75, 3.05) is 31.6 Å². The summed E-state index contributed by atoms with van der Waals surface area (Å²) < 4.78 is 11.4. The Balaban J connectivity index is 1.31. The van der Waals surface area contributed by atoms with Crippen molar-refractivity contribution in [3.8, 4) is 6.07 Å². The van der Waals surface area contributed by atoms with Crippen LogP contribution in [0.1, 0.15) is 24.8 Å². The molecule has 2 atom stereocenters. The maximum atomic E-state index is 12.7. The zero-order valence-corrected chi connectivity index (χ0v) is 14.4. The molecule has 0 bridgehead atoms. The SMILES string of the molecule is N#Cc1ccccc1NC(=O)C1CC1C(=O)N1CCC2(CC1)OCCO2. The fraction of sp³-hybridized carbons (Fsp3) is 0.526. The highest BCUT2D eigenvalue weighted by Crippen LogP contribution is 2.42. The van der Waals surface area contributed by atoms with Crippen molar-refractivity contribution >= 4 is 17.5 Å². The number of likely N-dealkylation sites (tertiary alicyclic amines) is 1. The van der Waals surface area contributed by atoms with Crippen LogP contribution in [0.4, 0.5) is 5.69 Å². The Morgan fingerprint density at radius 2 is 1.85 bits per heavy atom. The van der Waals surface area contributed by atoms with Gasteiger partial charge in [-0.3, -0.25) is 9.59 Å².